The molecule has 1 fully saturated rings. The number of nitrogens with zero attached hydrogens (tertiary/aromatic N) is 1. The highest BCUT2D eigenvalue weighted by molar-refractivity contribution is 5.86. The lowest BCUT2D eigenvalue weighted by Gasteiger charge is -2.35. The van der Waals surface area contributed by atoms with Crippen LogP contribution in [0.5, 0.6) is 5.75 Å². The van der Waals surface area contributed by atoms with Crippen LogP contribution in [0.3, 0.4) is 0 Å². The molecule has 1 amide bonds. The van der Waals surface area contributed by atoms with Gasteiger partial charge in [0.25, 0.3) is 0 Å². The van der Waals surface area contributed by atoms with Crippen LogP contribution in [0.25, 0.3) is 0 Å². The monoisotopic (exact) mass is 287 g/mol. The Morgan fingerprint density at radius 3 is 3.00 bits per heavy atom. The number of benzene rings is 1. The number of carbonyl (C=O) groups excluding carboxylic acids is 2. The van der Waals surface area contributed by atoms with Gasteiger partial charge in [-0.1, -0.05) is 25.1 Å². The number of carbonyl (C=O) groups is 2. The summed E-state index contributed by atoms with van der Waals surface area (Å²) in [5.74, 6) is 1.22. The van der Waals surface area contributed by atoms with Gasteiger partial charge in [-0.05, 0) is 24.5 Å². The smallest absolute Gasteiger partial charge is 0.229 e. The predicted molar refractivity (Wildman–Crippen MR) is 79.1 cm³/mol. The Morgan fingerprint density at radius 2 is 2.19 bits per heavy atom. The molecule has 21 heavy (non-hydrogen) atoms. The zero-order valence-corrected chi connectivity index (χ0v) is 12.4. The molecule has 3 rings (SSSR count). The molecule has 0 bridgehead atoms. The number of hydrogen-bond donors (Lipinski definition) is 0. The average molecular weight is 287 g/mol. The summed E-state index contributed by atoms with van der Waals surface area (Å²) in [6, 6.07) is 7.89. The zero-order valence-electron chi connectivity index (χ0n) is 12.4. The van der Waals surface area contributed by atoms with Crippen molar-refractivity contribution in [2.45, 2.75) is 26.2 Å². The van der Waals surface area contributed by atoms with Gasteiger partial charge in [0, 0.05) is 25.4 Å². The predicted octanol–water partition coefficient (Wildman–Crippen LogP) is 2.07. The molecule has 0 N–H and O–H groups in total. The third-order valence-electron chi connectivity index (χ3n) is 4.56. The van der Waals surface area contributed by atoms with E-state index >= 15 is 0 Å². The molecule has 2 aliphatic heterocycles. The second-order valence-corrected chi connectivity index (χ2v) is 5.93. The minimum atomic E-state index is -0.120. The number of likely N-dealkylation sites (tertiary alicyclic amines) is 1. The van der Waals surface area contributed by atoms with E-state index in [0.717, 1.165) is 24.2 Å². The number of para-hydroxylation sites is 1. The first-order valence-electron chi connectivity index (χ1n) is 7.71. The average Bonchev–Trinajstić information content (AvgIpc) is 2.54. The van der Waals surface area contributed by atoms with E-state index in [1.54, 1.807) is 0 Å². The SMILES string of the molecule is CCC1CN(C(=O)C2COc3ccccc3C2)CCC1=O. The maximum absolute atomic E-state index is 12.7. The highest BCUT2D eigenvalue weighted by atomic mass is 16.5. The fraction of sp³-hybridized carbons (Fsp3) is 0.529. The van der Waals surface area contributed by atoms with E-state index in [4.69, 9.17) is 4.74 Å². The van der Waals surface area contributed by atoms with Crippen LogP contribution in [0.15, 0.2) is 24.3 Å². The molecular weight excluding hydrogens is 266 g/mol. The number of rotatable bonds is 2. The molecule has 1 aromatic rings. The van der Waals surface area contributed by atoms with E-state index in [1.165, 1.54) is 0 Å². The number of hydrogen-bond acceptors (Lipinski definition) is 3. The molecule has 0 spiro atoms. The molecule has 112 valence electrons. The second-order valence-electron chi connectivity index (χ2n) is 5.93. The summed E-state index contributed by atoms with van der Waals surface area (Å²) in [5, 5.41) is 0. The van der Waals surface area contributed by atoms with Gasteiger partial charge < -0.3 is 9.64 Å². The van der Waals surface area contributed by atoms with Gasteiger partial charge in [0.05, 0.1) is 5.92 Å². The molecule has 0 radical (unpaired) electrons. The van der Waals surface area contributed by atoms with Gasteiger partial charge in [0.15, 0.2) is 0 Å². The lowest BCUT2D eigenvalue weighted by atomic mass is 9.91. The molecule has 4 heteroatoms. The van der Waals surface area contributed by atoms with E-state index in [2.05, 4.69) is 0 Å². The van der Waals surface area contributed by atoms with Crippen molar-refractivity contribution >= 4 is 11.7 Å². The van der Waals surface area contributed by atoms with Gasteiger partial charge in [-0.2, -0.15) is 0 Å². The van der Waals surface area contributed by atoms with Crippen LogP contribution in [0.2, 0.25) is 0 Å². The maximum Gasteiger partial charge on any atom is 0.229 e. The number of fused-ring (bicyclic) bond motifs is 1. The Balaban J connectivity index is 1.68. The molecule has 0 aliphatic carbocycles. The Kier molecular flexibility index (Phi) is 3.95. The maximum atomic E-state index is 12.7. The first-order chi connectivity index (χ1) is 10.2. The van der Waals surface area contributed by atoms with Gasteiger partial charge in [-0.3, -0.25) is 9.59 Å². The molecule has 1 saturated heterocycles. The Labute approximate surface area is 125 Å². The molecule has 0 aromatic heterocycles. The van der Waals surface area contributed by atoms with E-state index in [-0.39, 0.29) is 17.7 Å². The molecule has 4 nitrogen and oxygen atoms in total. The highest BCUT2D eigenvalue weighted by Gasteiger charge is 2.34. The fourth-order valence-corrected chi connectivity index (χ4v) is 3.21. The molecule has 2 atom stereocenters. The second kappa shape index (κ2) is 5.88. The van der Waals surface area contributed by atoms with Crippen molar-refractivity contribution in [3.8, 4) is 5.75 Å². The first kappa shape index (κ1) is 14.1. The third kappa shape index (κ3) is 2.80. The first-order valence-corrected chi connectivity index (χ1v) is 7.71. The summed E-state index contributed by atoms with van der Waals surface area (Å²) in [5.41, 5.74) is 1.10. The van der Waals surface area contributed by atoms with Gasteiger partial charge in [0.1, 0.15) is 18.1 Å². The molecule has 0 saturated carbocycles. The summed E-state index contributed by atoms with van der Waals surface area (Å²) in [6.07, 6.45) is 2.04. The summed E-state index contributed by atoms with van der Waals surface area (Å²) >= 11 is 0. The van der Waals surface area contributed by atoms with Gasteiger partial charge in [-0.15, -0.1) is 0 Å². The molecule has 2 aliphatic rings. The zero-order chi connectivity index (χ0) is 14.8. The largest absolute Gasteiger partial charge is 0.492 e. The number of piperidine rings is 1. The number of amides is 1. The summed E-state index contributed by atoms with van der Waals surface area (Å²) < 4.78 is 5.71. The van der Waals surface area contributed by atoms with Gasteiger partial charge in [0.2, 0.25) is 5.91 Å². The van der Waals surface area contributed by atoms with Gasteiger partial charge in [-0.25, -0.2) is 0 Å². The quantitative estimate of drug-likeness (QED) is 0.836. The van der Waals surface area contributed by atoms with E-state index in [0.29, 0.717) is 31.9 Å². The third-order valence-corrected chi connectivity index (χ3v) is 4.56. The van der Waals surface area contributed by atoms with Crippen LogP contribution in [-0.2, 0) is 16.0 Å². The topological polar surface area (TPSA) is 46.6 Å². The van der Waals surface area contributed by atoms with Crippen LogP contribution in [0.1, 0.15) is 25.3 Å². The van der Waals surface area contributed by atoms with Crippen LogP contribution in [0, 0.1) is 11.8 Å². The fourth-order valence-electron chi connectivity index (χ4n) is 3.21. The van der Waals surface area contributed by atoms with E-state index in [1.807, 2.05) is 36.1 Å². The van der Waals surface area contributed by atoms with Crippen molar-refractivity contribution in [3.05, 3.63) is 29.8 Å². The lowest BCUT2D eigenvalue weighted by Crippen LogP contribution is -2.48. The summed E-state index contributed by atoms with van der Waals surface area (Å²) in [4.78, 5) is 26.3. The van der Waals surface area contributed by atoms with Crippen LogP contribution >= 0.6 is 0 Å². The minimum Gasteiger partial charge on any atom is -0.492 e. The summed E-state index contributed by atoms with van der Waals surface area (Å²) in [7, 11) is 0. The lowest BCUT2D eigenvalue weighted by molar-refractivity contribution is -0.141. The van der Waals surface area contributed by atoms with Crippen LogP contribution in [-0.4, -0.2) is 36.3 Å². The van der Waals surface area contributed by atoms with E-state index < -0.39 is 0 Å². The number of ether oxygens (including phenoxy) is 1. The number of ketones is 1. The van der Waals surface area contributed by atoms with Crippen molar-refractivity contribution in [3.63, 3.8) is 0 Å². The van der Waals surface area contributed by atoms with Crippen molar-refractivity contribution < 1.29 is 14.3 Å². The Bertz CT molecular complexity index is 555. The normalized spacial score (nSPS) is 25.2. The number of Topliss-reactive ketones (excluding diaryl/α,β-unsaturated/α-hetero) is 1. The standard InChI is InChI=1S/C17H21NO3/c1-2-12-10-18(8-7-15(12)19)17(20)14-9-13-5-3-4-6-16(13)21-11-14/h3-6,12,14H,2,7-11H2,1H3. The Morgan fingerprint density at radius 1 is 1.38 bits per heavy atom. The van der Waals surface area contributed by atoms with Crippen molar-refractivity contribution in [1.82, 2.24) is 4.90 Å². The van der Waals surface area contributed by atoms with Crippen LogP contribution in [0.4, 0.5) is 0 Å². The Hall–Kier alpha value is -1.84. The minimum absolute atomic E-state index is 0.0134. The van der Waals surface area contributed by atoms with E-state index in [9.17, 15) is 9.59 Å². The van der Waals surface area contributed by atoms with Crippen LogP contribution < -0.4 is 4.74 Å². The van der Waals surface area contributed by atoms with Crippen molar-refractivity contribution in [2.75, 3.05) is 19.7 Å². The molecule has 2 unspecified atom stereocenters. The van der Waals surface area contributed by atoms with Crippen molar-refractivity contribution in [2.24, 2.45) is 11.8 Å². The van der Waals surface area contributed by atoms with Gasteiger partial charge >= 0.3 is 0 Å². The molecule has 1 aromatic carbocycles. The molecular formula is C17H21NO3. The van der Waals surface area contributed by atoms with Crippen molar-refractivity contribution in [1.29, 1.82) is 0 Å². The molecule has 2 heterocycles. The highest BCUT2D eigenvalue weighted by Crippen LogP contribution is 2.28. The summed E-state index contributed by atoms with van der Waals surface area (Å²) in [6.45, 7) is 3.59.